The summed E-state index contributed by atoms with van der Waals surface area (Å²) >= 11 is 0. The predicted octanol–water partition coefficient (Wildman–Crippen LogP) is 0.325. The number of primary amides is 1. The molecule has 0 aliphatic heterocycles. The molecule has 16 heavy (non-hydrogen) atoms. The number of rotatable bonds is 6. The predicted molar refractivity (Wildman–Crippen MR) is 56.6 cm³/mol. The Morgan fingerprint density at radius 3 is 2.88 bits per heavy atom. The van der Waals surface area contributed by atoms with Crippen LogP contribution in [0.25, 0.3) is 0 Å². The van der Waals surface area contributed by atoms with E-state index in [2.05, 4.69) is 5.10 Å². The van der Waals surface area contributed by atoms with Crippen LogP contribution in [0, 0.1) is 0 Å². The highest BCUT2D eigenvalue weighted by atomic mass is 16.5. The number of hydrogen-bond acceptors (Lipinski definition) is 4. The highest BCUT2D eigenvalue weighted by molar-refractivity contribution is 5.88. The number of aryl methyl sites for hydroxylation is 1. The fraction of sp³-hybridized carbons (Fsp3) is 0.500. The van der Waals surface area contributed by atoms with E-state index >= 15 is 0 Å². The summed E-state index contributed by atoms with van der Waals surface area (Å²) in [5.41, 5.74) is 5.37. The lowest BCUT2D eigenvalue weighted by Crippen LogP contribution is -2.12. The van der Waals surface area contributed by atoms with Gasteiger partial charge < -0.3 is 10.5 Å². The van der Waals surface area contributed by atoms with Crippen LogP contribution in [0.2, 0.25) is 0 Å². The fourth-order valence-electron chi connectivity index (χ4n) is 1.14. The highest BCUT2D eigenvalue weighted by Crippen LogP contribution is 2.01. The van der Waals surface area contributed by atoms with Crippen molar-refractivity contribution in [3.63, 3.8) is 0 Å². The zero-order valence-corrected chi connectivity index (χ0v) is 9.18. The zero-order chi connectivity index (χ0) is 12.0. The van der Waals surface area contributed by atoms with Gasteiger partial charge in [0.15, 0.2) is 0 Å². The van der Waals surface area contributed by atoms with Crippen molar-refractivity contribution in [1.82, 2.24) is 9.78 Å². The fourth-order valence-corrected chi connectivity index (χ4v) is 1.14. The van der Waals surface area contributed by atoms with Gasteiger partial charge in [-0.05, 0) is 13.3 Å². The largest absolute Gasteiger partial charge is 0.462 e. The van der Waals surface area contributed by atoms with Gasteiger partial charge in [-0.15, -0.1) is 0 Å². The quantitative estimate of drug-likeness (QED) is 0.558. The smallest absolute Gasteiger partial charge is 0.341 e. The van der Waals surface area contributed by atoms with E-state index in [0.29, 0.717) is 18.5 Å². The lowest BCUT2D eigenvalue weighted by atomic mass is 10.3. The minimum Gasteiger partial charge on any atom is -0.462 e. The number of carbonyl (C=O) groups excluding carboxylic acids is 2. The monoisotopic (exact) mass is 225 g/mol. The maximum atomic E-state index is 11.4. The second-order valence-corrected chi connectivity index (χ2v) is 3.29. The highest BCUT2D eigenvalue weighted by Gasteiger charge is 2.09. The van der Waals surface area contributed by atoms with Crippen molar-refractivity contribution in [3.05, 3.63) is 18.0 Å². The van der Waals surface area contributed by atoms with E-state index in [0.717, 1.165) is 0 Å². The number of ether oxygens (including phenoxy) is 1. The lowest BCUT2D eigenvalue weighted by Gasteiger charge is -2.01. The Labute approximate surface area is 93.4 Å². The van der Waals surface area contributed by atoms with Crippen LogP contribution in [0.4, 0.5) is 0 Å². The SMILES string of the molecule is CCn1cc(C(=O)OCCCC(N)=O)cn1. The Hall–Kier alpha value is -1.85. The van der Waals surface area contributed by atoms with Crippen molar-refractivity contribution in [1.29, 1.82) is 0 Å². The average Bonchev–Trinajstić information content (AvgIpc) is 2.72. The molecular weight excluding hydrogens is 210 g/mol. The van der Waals surface area contributed by atoms with Gasteiger partial charge in [-0.1, -0.05) is 0 Å². The van der Waals surface area contributed by atoms with Gasteiger partial charge in [0.2, 0.25) is 5.91 Å². The molecule has 0 spiro atoms. The van der Waals surface area contributed by atoms with Crippen LogP contribution >= 0.6 is 0 Å². The van der Waals surface area contributed by atoms with E-state index in [1.54, 1.807) is 10.9 Å². The standard InChI is InChI=1S/C10H15N3O3/c1-2-13-7-8(6-12-13)10(15)16-5-3-4-9(11)14/h6-7H,2-5H2,1H3,(H2,11,14). The third-order valence-electron chi connectivity index (χ3n) is 1.99. The first-order chi connectivity index (χ1) is 7.63. The molecule has 0 atom stereocenters. The van der Waals surface area contributed by atoms with Gasteiger partial charge in [0.1, 0.15) is 0 Å². The van der Waals surface area contributed by atoms with E-state index in [-0.39, 0.29) is 13.0 Å². The maximum Gasteiger partial charge on any atom is 0.341 e. The van der Waals surface area contributed by atoms with Crippen molar-refractivity contribution >= 4 is 11.9 Å². The molecule has 0 aliphatic rings. The number of nitrogens with two attached hydrogens (primary N) is 1. The van der Waals surface area contributed by atoms with Gasteiger partial charge in [0, 0.05) is 19.2 Å². The first kappa shape index (κ1) is 12.2. The Kier molecular flexibility index (Phi) is 4.50. The number of aromatic nitrogens is 2. The number of nitrogens with zero attached hydrogens (tertiary/aromatic N) is 2. The number of amides is 1. The van der Waals surface area contributed by atoms with Gasteiger partial charge in [0.25, 0.3) is 0 Å². The molecule has 0 saturated carbocycles. The van der Waals surface area contributed by atoms with E-state index in [4.69, 9.17) is 10.5 Å². The summed E-state index contributed by atoms with van der Waals surface area (Å²) in [6.07, 6.45) is 3.75. The van der Waals surface area contributed by atoms with Gasteiger partial charge >= 0.3 is 5.97 Å². The molecule has 0 fully saturated rings. The van der Waals surface area contributed by atoms with Gasteiger partial charge in [0.05, 0.1) is 18.4 Å². The molecule has 88 valence electrons. The first-order valence-corrected chi connectivity index (χ1v) is 5.11. The molecular formula is C10H15N3O3. The molecule has 0 saturated heterocycles. The van der Waals surface area contributed by atoms with Gasteiger partial charge in [-0.2, -0.15) is 5.10 Å². The summed E-state index contributed by atoms with van der Waals surface area (Å²) in [5.74, 6) is -0.820. The number of hydrogen-bond donors (Lipinski definition) is 1. The number of esters is 1. The summed E-state index contributed by atoms with van der Waals surface area (Å²) in [6, 6.07) is 0. The van der Waals surface area contributed by atoms with E-state index in [1.165, 1.54) is 6.20 Å². The average molecular weight is 225 g/mol. The third-order valence-corrected chi connectivity index (χ3v) is 1.99. The van der Waals surface area contributed by atoms with Crippen LogP contribution in [0.1, 0.15) is 30.1 Å². The van der Waals surface area contributed by atoms with Gasteiger partial charge in [-0.25, -0.2) is 4.79 Å². The van der Waals surface area contributed by atoms with Crippen LogP contribution in [-0.2, 0) is 16.1 Å². The van der Waals surface area contributed by atoms with E-state index in [9.17, 15) is 9.59 Å². The molecule has 1 aromatic heterocycles. The molecule has 6 heteroatoms. The van der Waals surface area contributed by atoms with E-state index < -0.39 is 11.9 Å². The Balaban J connectivity index is 2.32. The second-order valence-electron chi connectivity index (χ2n) is 3.29. The second kappa shape index (κ2) is 5.89. The zero-order valence-electron chi connectivity index (χ0n) is 9.18. The molecule has 0 aliphatic carbocycles. The minimum absolute atomic E-state index is 0.194. The number of carbonyl (C=O) groups is 2. The van der Waals surface area contributed by atoms with Crippen LogP contribution in [0.5, 0.6) is 0 Å². The molecule has 1 amide bonds. The summed E-state index contributed by atoms with van der Waals surface area (Å²) in [4.78, 5) is 21.9. The summed E-state index contributed by atoms with van der Waals surface area (Å²) in [6.45, 7) is 2.82. The third kappa shape index (κ3) is 3.72. The molecule has 6 nitrogen and oxygen atoms in total. The lowest BCUT2D eigenvalue weighted by molar-refractivity contribution is -0.118. The van der Waals surface area contributed by atoms with Crippen molar-refractivity contribution in [2.75, 3.05) is 6.61 Å². The maximum absolute atomic E-state index is 11.4. The van der Waals surface area contributed by atoms with Crippen LogP contribution in [0.3, 0.4) is 0 Å². The molecule has 1 aromatic rings. The molecule has 1 heterocycles. The normalized spacial score (nSPS) is 10.1. The molecule has 1 rings (SSSR count). The first-order valence-electron chi connectivity index (χ1n) is 5.11. The molecule has 0 bridgehead atoms. The molecule has 0 radical (unpaired) electrons. The summed E-state index contributed by atoms with van der Waals surface area (Å²) in [7, 11) is 0. The van der Waals surface area contributed by atoms with Crippen LogP contribution in [-0.4, -0.2) is 28.3 Å². The van der Waals surface area contributed by atoms with Crippen LogP contribution in [0.15, 0.2) is 12.4 Å². The Bertz CT molecular complexity index is 373. The molecule has 0 aromatic carbocycles. The van der Waals surface area contributed by atoms with Crippen molar-refractivity contribution in [3.8, 4) is 0 Å². The van der Waals surface area contributed by atoms with Crippen LogP contribution < -0.4 is 5.73 Å². The van der Waals surface area contributed by atoms with Gasteiger partial charge in [-0.3, -0.25) is 9.48 Å². The summed E-state index contributed by atoms with van der Waals surface area (Å²) < 4.78 is 6.58. The topological polar surface area (TPSA) is 87.2 Å². The van der Waals surface area contributed by atoms with Crippen molar-refractivity contribution < 1.29 is 14.3 Å². The summed E-state index contributed by atoms with van der Waals surface area (Å²) in [5, 5.41) is 3.95. The van der Waals surface area contributed by atoms with E-state index in [1.807, 2.05) is 6.92 Å². The van der Waals surface area contributed by atoms with Crippen molar-refractivity contribution in [2.45, 2.75) is 26.3 Å². The van der Waals surface area contributed by atoms with Crippen molar-refractivity contribution in [2.24, 2.45) is 5.73 Å². The minimum atomic E-state index is -0.427. The molecule has 2 N–H and O–H groups in total. The Morgan fingerprint density at radius 1 is 1.56 bits per heavy atom. The Morgan fingerprint density at radius 2 is 2.31 bits per heavy atom. The molecule has 0 unspecified atom stereocenters.